The molecule has 0 bridgehead atoms. The smallest absolute Gasteiger partial charge is 0.233 e. The minimum Gasteiger partial charge on any atom is -0.342 e. The zero-order chi connectivity index (χ0) is 19.2. The second-order valence-electron chi connectivity index (χ2n) is 7.15. The summed E-state index contributed by atoms with van der Waals surface area (Å²) in [5, 5.41) is 9.36. The normalized spacial score (nSPS) is 19.6. The van der Waals surface area contributed by atoms with Crippen molar-refractivity contribution in [1.82, 2.24) is 24.6 Å². The van der Waals surface area contributed by atoms with Gasteiger partial charge in [0, 0.05) is 37.6 Å². The van der Waals surface area contributed by atoms with Crippen LogP contribution in [0.3, 0.4) is 0 Å². The van der Waals surface area contributed by atoms with E-state index in [1.54, 1.807) is 12.4 Å². The third kappa shape index (κ3) is 4.77. The summed E-state index contributed by atoms with van der Waals surface area (Å²) in [6.45, 7) is 6.72. The lowest BCUT2D eigenvalue weighted by atomic mass is 9.87. The Morgan fingerprint density at radius 1 is 1.30 bits per heavy atom. The van der Waals surface area contributed by atoms with Crippen molar-refractivity contribution in [2.45, 2.75) is 50.4 Å². The van der Waals surface area contributed by atoms with E-state index in [2.05, 4.69) is 28.7 Å². The largest absolute Gasteiger partial charge is 0.342 e. The summed E-state index contributed by atoms with van der Waals surface area (Å²) in [6.07, 6.45) is 9.91. The third-order valence-electron chi connectivity index (χ3n) is 5.22. The first kappa shape index (κ1) is 19.6. The molecule has 0 atom stereocenters. The maximum Gasteiger partial charge on any atom is 0.233 e. The van der Waals surface area contributed by atoms with Gasteiger partial charge in [0.15, 0.2) is 11.0 Å². The van der Waals surface area contributed by atoms with Crippen molar-refractivity contribution in [3.63, 3.8) is 0 Å². The predicted molar refractivity (Wildman–Crippen MR) is 108 cm³/mol. The van der Waals surface area contributed by atoms with Crippen molar-refractivity contribution in [3.8, 4) is 11.4 Å². The number of carbonyl (C=O) groups excluding carboxylic acids is 1. The van der Waals surface area contributed by atoms with Gasteiger partial charge in [0.05, 0.1) is 5.75 Å². The predicted octanol–water partition coefficient (Wildman–Crippen LogP) is 3.66. The highest BCUT2D eigenvalue weighted by Crippen LogP contribution is 2.28. The van der Waals surface area contributed by atoms with Crippen LogP contribution < -0.4 is 0 Å². The summed E-state index contributed by atoms with van der Waals surface area (Å²) in [6, 6.07) is 4.18. The van der Waals surface area contributed by atoms with Gasteiger partial charge < -0.3 is 4.90 Å². The molecule has 2 aromatic heterocycles. The maximum absolute atomic E-state index is 12.7. The fourth-order valence-electron chi connectivity index (χ4n) is 3.47. The first-order chi connectivity index (χ1) is 13.1. The van der Waals surface area contributed by atoms with Crippen molar-refractivity contribution < 1.29 is 4.79 Å². The molecule has 1 fully saturated rings. The number of hydrogen-bond donors (Lipinski definition) is 0. The molecule has 1 aliphatic rings. The summed E-state index contributed by atoms with van der Waals surface area (Å²) >= 11 is 1.44. The summed E-state index contributed by atoms with van der Waals surface area (Å²) < 4.78 is 1.99. The molecule has 3 rings (SSSR count). The van der Waals surface area contributed by atoms with E-state index in [0.29, 0.717) is 18.3 Å². The first-order valence-electron chi connectivity index (χ1n) is 9.43. The van der Waals surface area contributed by atoms with Crippen LogP contribution in [0.15, 0.2) is 42.3 Å². The number of allylic oxidation sites excluding steroid dienone is 1. The van der Waals surface area contributed by atoms with E-state index in [1.165, 1.54) is 24.6 Å². The van der Waals surface area contributed by atoms with Gasteiger partial charge in [-0.1, -0.05) is 24.8 Å². The number of carbonyl (C=O) groups is 1. The molecule has 1 aliphatic carbocycles. The van der Waals surface area contributed by atoms with Gasteiger partial charge in [-0.3, -0.25) is 14.3 Å². The third-order valence-corrected chi connectivity index (χ3v) is 6.17. The lowest BCUT2D eigenvalue weighted by molar-refractivity contribution is -0.129. The quantitative estimate of drug-likeness (QED) is 0.538. The van der Waals surface area contributed by atoms with Crippen LogP contribution in [0.25, 0.3) is 11.4 Å². The molecule has 2 aromatic rings. The standard InChI is InChI=1S/C20H27N5OS/c1-4-13-25-19(16-9-11-21-12-10-16)22-23-20(25)27-14-18(26)24(3)17-7-5-15(2)6-8-17/h4,9-12,15,17H,1,5-8,13-14H2,2-3H3. The van der Waals surface area contributed by atoms with Crippen molar-refractivity contribution >= 4 is 17.7 Å². The average molecular weight is 386 g/mol. The Bertz CT molecular complexity index is 768. The fraction of sp³-hybridized carbons (Fsp3) is 0.500. The second kappa shape index (κ2) is 9.17. The Morgan fingerprint density at radius 2 is 2.00 bits per heavy atom. The molecule has 1 saturated carbocycles. The van der Waals surface area contributed by atoms with Crippen molar-refractivity contribution in [3.05, 3.63) is 37.2 Å². The molecule has 2 heterocycles. The second-order valence-corrected chi connectivity index (χ2v) is 8.09. The maximum atomic E-state index is 12.7. The van der Waals surface area contributed by atoms with E-state index in [9.17, 15) is 4.79 Å². The highest BCUT2D eigenvalue weighted by atomic mass is 32.2. The monoisotopic (exact) mass is 385 g/mol. The van der Waals surface area contributed by atoms with Crippen molar-refractivity contribution in [2.75, 3.05) is 12.8 Å². The summed E-state index contributed by atoms with van der Waals surface area (Å²) in [5.74, 6) is 2.07. The Labute approximate surface area is 165 Å². The number of pyridine rings is 1. The Balaban J connectivity index is 1.66. The van der Waals surface area contributed by atoms with Crippen LogP contribution >= 0.6 is 11.8 Å². The molecule has 144 valence electrons. The van der Waals surface area contributed by atoms with E-state index in [-0.39, 0.29) is 5.91 Å². The van der Waals surface area contributed by atoms with Gasteiger partial charge in [-0.15, -0.1) is 16.8 Å². The SMILES string of the molecule is C=CCn1c(SCC(=O)N(C)C2CCC(C)CC2)nnc1-c1ccncc1. The lowest BCUT2D eigenvalue weighted by Gasteiger charge is -2.33. The highest BCUT2D eigenvalue weighted by Gasteiger charge is 2.25. The highest BCUT2D eigenvalue weighted by molar-refractivity contribution is 7.99. The zero-order valence-corrected chi connectivity index (χ0v) is 16.9. The zero-order valence-electron chi connectivity index (χ0n) is 16.0. The van der Waals surface area contributed by atoms with Crippen LogP contribution in [0.5, 0.6) is 0 Å². The van der Waals surface area contributed by atoms with Crippen LogP contribution in [0, 0.1) is 5.92 Å². The van der Waals surface area contributed by atoms with Gasteiger partial charge in [-0.25, -0.2) is 0 Å². The molecule has 0 spiro atoms. The molecular formula is C20H27N5OS. The topological polar surface area (TPSA) is 63.9 Å². The number of thioether (sulfide) groups is 1. The van der Waals surface area contributed by atoms with Crippen LogP contribution in [-0.4, -0.2) is 49.4 Å². The Hall–Kier alpha value is -2.15. The van der Waals surface area contributed by atoms with Gasteiger partial charge in [-0.2, -0.15) is 0 Å². The minimum atomic E-state index is 0.151. The van der Waals surface area contributed by atoms with Crippen LogP contribution in [0.2, 0.25) is 0 Å². The molecule has 0 saturated heterocycles. The summed E-state index contributed by atoms with van der Waals surface area (Å²) in [5.41, 5.74) is 0.950. The van der Waals surface area contributed by atoms with E-state index in [4.69, 9.17) is 0 Å². The van der Waals surface area contributed by atoms with E-state index in [1.807, 2.05) is 34.7 Å². The average Bonchev–Trinajstić information content (AvgIpc) is 3.10. The number of nitrogens with zero attached hydrogens (tertiary/aromatic N) is 5. The number of rotatable bonds is 7. The van der Waals surface area contributed by atoms with E-state index in [0.717, 1.165) is 35.3 Å². The molecule has 6 nitrogen and oxygen atoms in total. The molecule has 0 N–H and O–H groups in total. The summed E-state index contributed by atoms with van der Waals surface area (Å²) in [4.78, 5) is 18.6. The molecule has 27 heavy (non-hydrogen) atoms. The summed E-state index contributed by atoms with van der Waals surface area (Å²) in [7, 11) is 1.93. The van der Waals surface area contributed by atoms with Gasteiger partial charge in [0.25, 0.3) is 0 Å². The number of aromatic nitrogens is 4. The molecule has 0 radical (unpaired) electrons. The van der Waals surface area contributed by atoms with Crippen LogP contribution in [-0.2, 0) is 11.3 Å². The van der Waals surface area contributed by atoms with E-state index < -0.39 is 0 Å². The van der Waals surface area contributed by atoms with Crippen molar-refractivity contribution in [1.29, 1.82) is 0 Å². The van der Waals surface area contributed by atoms with Gasteiger partial charge in [-0.05, 0) is 43.7 Å². The van der Waals surface area contributed by atoms with Crippen molar-refractivity contribution in [2.24, 2.45) is 5.92 Å². The minimum absolute atomic E-state index is 0.151. The molecular weight excluding hydrogens is 358 g/mol. The molecule has 0 unspecified atom stereocenters. The lowest BCUT2D eigenvalue weighted by Crippen LogP contribution is -2.40. The number of amides is 1. The van der Waals surface area contributed by atoms with Gasteiger partial charge in [0.2, 0.25) is 5.91 Å². The van der Waals surface area contributed by atoms with Gasteiger partial charge >= 0.3 is 0 Å². The molecule has 7 heteroatoms. The van der Waals surface area contributed by atoms with Crippen LogP contribution in [0.1, 0.15) is 32.6 Å². The van der Waals surface area contributed by atoms with Gasteiger partial charge in [0.1, 0.15) is 0 Å². The first-order valence-corrected chi connectivity index (χ1v) is 10.4. The molecule has 0 aliphatic heterocycles. The van der Waals surface area contributed by atoms with Crippen LogP contribution in [0.4, 0.5) is 0 Å². The Morgan fingerprint density at radius 3 is 2.67 bits per heavy atom. The Kier molecular flexibility index (Phi) is 6.66. The molecule has 0 aromatic carbocycles. The molecule has 1 amide bonds. The van der Waals surface area contributed by atoms with E-state index >= 15 is 0 Å². The fourth-order valence-corrected chi connectivity index (χ4v) is 4.34. The number of hydrogen-bond acceptors (Lipinski definition) is 5.